The summed E-state index contributed by atoms with van der Waals surface area (Å²) in [5, 5.41) is 29.9. The minimum Gasteiger partial charge on any atom is -0.439 e. The van der Waals surface area contributed by atoms with Crippen molar-refractivity contribution < 1.29 is 19.7 Å². The SMILES string of the molecule is N#Cc1ccc(Oc2ccc3nc(C(=O)NC4CCSC4(O)O)ccc3c2)nc1. The first-order valence-corrected chi connectivity index (χ1v) is 9.77. The van der Waals surface area contributed by atoms with Crippen LogP contribution in [0.3, 0.4) is 0 Å². The van der Waals surface area contributed by atoms with Gasteiger partial charge in [0, 0.05) is 23.4 Å². The van der Waals surface area contributed by atoms with Crippen LogP contribution in [-0.4, -0.2) is 43.0 Å². The van der Waals surface area contributed by atoms with Crippen LogP contribution in [0.5, 0.6) is 11.6 Å². The molecule has 0 saturated carbocycles. The van der Waals surface area contributed by atoms with E-state index < -0.39 is 17.1 Å². The first-order valence-electron chi connectivity index (χ1n) is 8.79. The summed E-state index contributed by atoms with van der Waals surface area (Å²) in [4.78, 5) is 20.8. The molecule has 9 heteroatoms. The fraction of sp³-hybridized carbons (Fsp3) is 0.200. The number of nitriles is 1. The summed E-state index contributed by atoms with van der Waals surface area (Å²) in [5.74, 6) is 0.995. The van der Waals surface area contributed by atoms with Crippen molar-refractivity contribution in [1.29, 1.82) is 5.26 Å². The van der Waals surface area contributed by atoms with Crippen LogP contribution in [0.4, 0.5) is 0 Å². The van der Waals surface area contributed by atoms with Gasteiger partial charge in [-0.2, -0.15) is 5.26 Å². The molecule has 1 amide bonds. The van der Waals surface area contributed by atoms with E-state index in [0.29, 0.717) is 34.9 Å². The molecule has 0 spiro atoms. The van der Waals surface area contributed by atoms with Crippen molar-refractivity contribution in [1.82, 2.24) is 15.3 Å². The highest BCUT2D eigenvalue weighted by Crippen LogP contribution is 2.33. The zero-order valence-electron chi connectivity index (χ0n) is 15.1. The Morgan fingerprint density at radius 1 is 1.28 bits per heavy atom. The van der Waals surface area contributed by atoms with Gasteiger partial charge in [-0.15, -0.1) is 0 Å². The number of fused-ring (bicyclic) bond motifs is 1. The van der Waals surface area contributed by atoms with Crippen LogP contribution in [0.1, 0.15) is 22.5 Å². The van der Waals surface area contributed by atoms with Crippen molar-refractivity contribution in [3.8, 4) is 17.7 Å². The van der Waals surface area contributed by atoms with E-state index >= 15 is 0 Å². The molecule has 1 unspecified atom stereocenters. The number of ether oxygens (including phenoxy) is 1. The molecule has 0 radical (unpaired) electrons. The molecule has 3 aromatic rings. The average molecular weight is 408 g/mol. The van der Waals surface area contributed by atoms with Gasteiger partial charge in [0.1, 0.15) is 17.5 Å². The molecule has 4 rings (SSSR count). The van der Waals surface area contributed by atoms with Gasteiger partial charge >= 0.3 is 0 Å². The normalized spacial score (nSPS) is 17.6. The second kappa shape index (κ2) is 7.67. The fourth-order valence-electron chi connectivity index (χ4n) is 2.94. The van der Waals surface area contributed by atoms with Crippen molar-refractivity contribution in [3.63, 3.8) is 0 Å². The average Bonchev–Trinajstić information content (AvgIpc) is 3.06. The Labute approximate surface area is 170 Å². The molecule has 29 heavy (non-hydrogen) atoms. The van der Waals surface area contributed by atoms with Crippen LogP contribution in [-0.2, 0) is 0 Å². The number of hydrogen-bond donors (Lipinski definition) is 3. The minimum absolute atomic E-state index is 0.188. The molecule has 1 atom stereocenters. The lowest BCUT2D eigenvalue weighted by Crippen LogP contribution is -2.47. The van der Waals surface area contributed by atoms with Gasteiger partial charge in [-0.3, -0.25) is 4.79 Å². The summed E-state index contributed by atoms with van der Waals surface area (Å²) in [5.41, 5.74) is 1.23. The van der Waals surface area contributed by atoms with Crippen LogP contribution in [0, 0.1) is 11.3 Å². The molecule has 3 N–H and O–H groups in total. The zero-order valence-corrected chi connectivity index (χ0v) is 15.9. The molecule has 146 valence electrons. The highest BCUT2D eigenvalue weighted by Gasteiger charge is 2.41. The number of aliphatic hydroxyl groups is 2. The summed E-state index contributed by atoms with van der Waals surface area (Å²) < 4.78 is 5.69. The Morgan fingerprint density at radius 2 is 2.14 bits per heavy atom. The van der Waals surface area contributed by atoms with Crippen LogP contribution in [0.15, 0.2) is 48.7 Å². The van der Waals surface area contributed by atoms with Crippen molar-refractivity contribution in [3.05, 3.63) is 59.9 Å². The standard InChI is InChI=1S/C20H16N4O4S/c21-10-12-1-6-18(22-11-12)28-14-3-5-15-13(9-14)2-4-16(23-15)19(25)24-17-7-8-29-20(17,26)27/h1-6,9,11,17,26-27H,7-8H2,(H,24,25). The van der Waals surface area contributed by atoms with Crippen LogP contribution >= 0.6 is 11.8 Å². The smallest absolute Gasteiger partial charge is 0.270 e. The van der Waals surface area contributed by atoms with Crippen molar-refractivity contribution in [2.24, 2.45) is 0 Å². The predicted molar refractivity (Wildman–Crippen MR) is 106 cm³/mol. The Kier molecular flexibility index (Phi) is 5.07. The fourth-order valence-corrected chi connectivity index (χ4v) is 3.97. The van der Waals surface area contributed by atoms with Gasteiger partial charge in [-0.1, -0.05) is 17.8 Å². The Morgan fingerprint density at radius 3 is 2.83 bits per heavy atom. The highest BCUT2D eigenvalue weighted by molar-refractivity contribution is 8.00. The number of amides is 1. The Balaban J connectivity index is 1.50. The second-order valence-electron chi connectivity index (χ2n) is 6.47. The minimum atomic E-state index is -1.96. The molecule has 1 fully saturated rings. The van der Waals surface area contributed by atoms with Gasteiger partial charge in [0.05, 0.1) is 17.1 Å². The molecule has 2 aromatic heterocycles. The Hall–Kier alpha value is -3.19. The number of nitrogens with zero attached hydrogens (tertiary/aromatic N) is 3. The molecular weight excluding hydrogens is 392 g/mol. The van der Waals surface area contributed by atoms with Crippen LogP contribution < -0.4 is 10.1 Å². The van der Waals surface area contributed by atoms with Gasteiger partial charge in [0.15, 0.2) is 0 Å². The maximum atomic E-state index is 12.4. The number of pyridine rings is 2. The molecule has 0 bridgehead atoms. The van der Waals surface area contributed by atoms with E-state index in [1.807, 2.05) is 6.07 Å². The zero-order chi connectivity index (χ0) is 20.4. The van der Waals surface area contributed by atoms with Crippen molar-refractivity contribution in [2.75, 3.05) is 5.75 Å². The van der Waals surface area contributed by atoms with Crippen LogP contribution in [0.2, 0.25) is 0 Å². The monoisotopic (exact) mass is 408 g/mol. The number of rotatable bonds is 4. The maximum Gasteiger partial charge on any atom is 0.270 e. The van der Waals surface area contributed by atoms with Gasteiger partial charge in [-0.25, -0.2) is 9.97 Å². The molecule has 1 aliphatic heterocycles. The van der Waals surface area contributed by atoms with Crippen molar-refractivity contribution in [2.45, 2.75) is 17.6 Å². The maximum absolute atomic E-state index is 12.4. The molecule has 1 saturated heterocycles. The second-order valence-corrected chi connectivity index (χ2v) is 7.77. The molecule has 1 aliphatic rings. The lowest BCUT2D eigenvalue weighted by Gasteiger charge is -2.23. The van der Waals surface area contributed by atoms with Crippen LogP contribution in [0.25, 0.3) is 10.9 Å². The number of nitrogens with one attached hydrogen (secondary N) is 1. The highest BCUT2D eigenvalue weighted by atomic mass is 32.2. The van der Waals surface area contributed by atoms with Gasteiger partial charge in [-0.05, 0) is 36.8 Å². The summed E-state index contributed by atoms with van der Waals surface area (Å²) >= 11 is 0.993. The van der Waals surface area contributed by atoms with E-state index in [1.54, 1.807) is 42.5 Å². The Bertz CT molecular complexity index is 1110. The summed E-state index contributed by atoms with van der Waals surface area (Å²) in [6.45, 7) is 0. The first-order chi connectivity index (χ1) is 13.9. The van der Waals surface area contributed by atoms with E-state index in [4.69, 9.17) is 10.00 Å². The quantitative estimate of drug-likeness (QED) is 0.560. The van der Waals surface area contributed by atoms with E-state index in [0.717, 1.165) is 17.1 Å². The molecule has 1 aromatic carbocycles. The molecule has 0 aliphatic carbocycles. The topological polar surface area (TPSA) is 128 Å². The third-order valence-electron chi connectivity index (χ3n) is 4.46. The predicted octanol–water partition coefficient (Wildman–Crippen LogP) is 2.17. The third kappa shape index (κ3) is 4.14. The lowest BCUT2D eigenvalue weighted by molar-refractivity contribution is -0.0943. The first kappa shape index (κ1) is 19.1. The number of thioether (sulfide) groups is 1. The van der Waals surface area contributed by atoms with E-state index in [-0.39, 0.29) is 5.69 Å². The van der Waals surface area contributed by atoms with Gasteiger partial charge in [0.25, 0.3) is 5.91 Å². The summed E-state index contributed by atoms with van der Waals surface area (Å²) in [6, 6.07) is 13.0. The number of carbonyl (C=O) groups excluding carboxylic acids is 1. The van der Waals surface area contributed by atoms with Gasteiger partial charge in [0.2, 0.25) is 11.0 Å². The third-order valence-corrected chi connectivity index (χ3v) is 5.61. The molecule has 3 heterocycles. The van der Waals surface area contributed by atoms with E-state index in [2.05, 4.69) is 15.3 Å². The van der Waals surface area contributed by atoms with Gasteiger partial charge < -0.3 is 20.3 Å². The number of aromatic nitrogens is 2. The molecule has 8 nitrogen and oxygen atoms in total. The number of carbonyl (C=O) groups is 1. The number of hydrogen-bond acceptors (Lipinski definition) is 8. The number of benzene rings is 1. The summed E-state index contributed by atoms with van der Waals surface area (Å²) in [6.07, 6.45) is 1.90. The lowest BCUT2D eigenvalue weighted by atomic mass is 10.1. The van der Waals surface area contributed by atoms with Crippen molar-refractivity contribution >= 4 is 28.6 Å². The van der Waals surface area contributed by atoms with E-state index in [9.17, 15) is 15.0 Å². The summed E-state index contributed by atoms with van der Waals surface area (Å²) in [7, 11) is 0. The van der Waals surface area contributed by atoms with E-state index in [1.165, 1.54) is 6.20 Å². The largest absolute Gasteiger partial charge is 0.439 e. The molecular formula is C20H16N4O4S.